The zero-order valence-corrected chi connectivity index (χ0v) is 15.5. The Hall–Kier alpha value is -3.56. The maximum absolute atomic E-state index is 12.5. The molecule has 3 rings (SSSR count). The third kappa shape index (κ3) is 3.90. The van der Waals surface area contributed by atoms with Crippen LogP contribution in [0.15, 0.2) is 28.9 Å². The minimum Gasteiger partial charge on any atom is -0.496 e. The van der Waals surface area contributed by atoms with E-state index in [1.165, 1.54) is 13.4 Å². The first kappa shape index (κ1) is 19.2. The fraction of sp³-hybridized carbons (Fsp3) is 0.368. The van der Waals surface area contributed by atoms with Crippen LogP contribution in [0.4, 0.5) is 0 Å². The predicted molar refractivity (Wildman–Crippen MR) is 97.1 cm³/mol. The summed E-state index contributed by atoms with van der Waals surface area (Å²) in [7, 11) is 3.08. The molecule has 0 spiro atoms. The molecule has 1 amide bonds. The van der Waals surface area contributed by atoms with Gasteiger partial charge in [-0.2, -0.15) is 10.5 Å². The quantitative estimate of drug-likeness (QED) is 0.747. The van der Waals surface area contributed by atoms with E-state index < -0.39 is 5.91 Å². The highest BCUT2D eigenvalue weighted by molar-refractivity contribution is 5.90. The van der Waals surface area contributed by atoms with E-state index in [1.54, 1.807) is 30.2 Å². The van der Waals surface area contributed by atoms with E-state index in [-0.39, 0.29) is 18.0 Å². The van der Waals surface area contributed by atoms with Crippen molar-refractivity contribution in [3.63, 3.8) is 0 Å². The molecule has 1 aliphatic rings. The number of oxazole rings is 1. The average molecular weight is 381 g/mol. The van der Waals surface area contributed by atoms with Crippen molar-refractivity contribution in [2.24, 2.45) is 0 Å². The summed E-state index contributed by atoms with van der Waals surface area (Å²) in [5, 5.41) is 21.1. The van der Waals surface area contributed by atoms with Gasteiger partial charge >= 0.3 is 5.91 Å². The van der Waals surface area contributed by atoms with Crippen molar-refractivity contribution in [3.8, 4) is 29.3 Å². The van der Waals surface area contributed by atoms with E-state index in [2.05, 4.69) is 22.6 Å². The predicted octanol–water partition coefficient (Wildman–Crippen LogP) is 1.52. The normalized spacial score (nSPS) is 18.4. The second-order valence-corrected chi connectivity index (χ2v) is 6.33. The van der Waals surface area contributed by atoms with Gasteiger partial charge in [-0.3, -0.25) is 4.79 Å². The lowest BCUT2D eigenvalue weighted by Crippen LogP contribution is -2.36. The molecule has 2 aromatic rings. The fourth-order valence-corrected chi connectivity index (χ4v) is 3.22. The van der Waals surface area contributed by atoms with E-state index >= 15 is 0 Å². The van der Waals surface area contributed by atoms with Gasteiger partial charge in [0.1, 0.15) is 17.7 Å². The van der Waals surface area contributed by atoms with Gasteiger partial charge in [-0.05, 0) is 24.6 Å². The molecule has 1 aromatic heterocycles. The summed E-state index contributed by atoms with van der Waals surface area (Å²) in [6, 6.07) is 6.69. The number of carbonyl (C=O) groups excluding carboxylic acids is 1. The van der Waals surface area contributed by atoms with Gasteiger partial charge < -0.3 is 24.1 Å². The van der Waals surface area contributed by atoms with E-state index in [0.29, 0.717) is 42.1 Å². The Morgan fingerprint density at radius 3 is 2.93 bits per heavy atom. The summed E-state index contributed by atoms with van der Waals surface area (Å²) in [5.74, 6) is -0.0529. The summed E-state index contributed by atoms with van der Waals surface area (Å²) in [5.41, 5.74) is 1.39. The molecule has 1 N–H and O–H groups in total. The van der Waals surface area contributed by atoms with Gasteiger partial charge in [0, 0.05) is 25.3 Å². The minimum atomic E-state index is -0.470. The molecule has 2 atom stereocenters. The topological polar surface area (TPSA) is 124 Å². The number of nitrogens with zero attached hydrogens (tertiary/aromatic N) is 4. The number of methoxy groups -OCH3 is 2. The molecule has 1 fully saturated rings. The Morgan fingerprint density at radius 1 is 1.43 bits per heavy atom. The van der Waals surface area contributed by atoms with Crippen LogP contribution in [0.2, 0.25) is 0 Å². The van der Waals surface area contributed by atoms with Crippen molar-refractivity contribution in [2.45, 2.75) is 18.5 Å². The second kappa shape index (κ2) is 8.42. The first-order chi connectivity index (χ1) is 13.6. The van der Waals surface area contributed by atoms with Crippen molar-refractivity contribution >= 4 is 5.91 Å². The molecule has 144 valence electrons. The van der Waals surface area contributed by atoms with Gasteiger partial charge in [-0.15, -0.1) is 0 Å². The smallest absolute Gasteiger partial charge is 0.307 e. The molecule has 9 heteroatoms. The molecule has 0 aliphatic carbocycles. The van der Waals surface area contributed by atoms with Crippen molar-refractivity contribution < 1.29 is 18.7 Å². The molecule has 9 nitrogen and oxygen atoms in total. The van der Waals surface area contributed by atoms with Crippen molar-refractivity contribution in [2.75, 3.05) is 27.4 Å². The van der Waals surface area contributed by atoms with Crippen molar-refractivity contribution in [1.29, 1.82) is 10.5 Å². The van der Waals surface area contributed by atoms with Crippen LogP contribution in [-0.2, 0) is 4.74 Å². The largest absolute Gasteiger partial charge is 0.496 e. The fourth-order valence-electron chi connectivity index (χ4n) is 3.22. The molecule has 28 heavy (non-hydrogen) atoms. The summed E-state index contributed by atoms with van der Waals surface area (Å²) in [6.07, 6.45) is 4.05. The molecule has 0 radical (unpaired) electrons. The zero-order valence-electron chi connectivity index (χ0n) is 15.5. The third-order valence-electron chi connectivity index (χ3n) is 4.54. The molecule has 1 aliphatic heterocycles. The Kier molecular flexibility index (Phi) is 5.78. The molecule has 2 heterocycles. The van der Waals surface area contributed by atoms with E-state index in [9.17, 15) is 10.1 Å². The Labute approximate surface area is 162 Å². The summed E-state index contributed by atoms with van der Waals surface area (Å²) >= 11 is 0. The molecular formula is C19H19N5O4. The van der Waals surface area contributed by atoms with Crippen LogP contribution in [0, 0.1) is 22.8 Å². The van der Waals surface area contributed by atoms with Crippen LogP contribution < -0.4 is 10.1 Å². The summed E-state index contributed by atoms with van der Waals surface area (Å²) in [4.78, 5) is 18.3. The highest BCUT2D eigenvalue weighted by atomic mass is 16.5. The summed E-state index contributed by atoms with van der Waals surface area (Å²) in [6.45, 7) is 0.819. The second-order valence-electron chi connectivity index (χ2n) is 6.33. The van der Waals surface area contributed by atoms with Crippen LogP contribution in [0.3, 0.4) is 0 Å². The molecule has 0 unspecified atom stereocenters. The lowest BCUT2D eigenvalue weighted by molar-refractivity contribution is 0.0903. The van der Waals surface area contributed by atoms with Gasteiger partial charge in [0.15, 0.2) is 6.19 Å². The first-order valence-corrected chi connectivity index (χ1v) is 8.59. The number of aromatic nitrogens is 1. The molecule has 0 bridgehead atoms. The number of nitriles is 2. The van der Waals surface area contributed by atoms with Crippen LogP contribution >= 0.6 is 0 Å². The van der Waals surface area contributed by atoms with Gasteiger partial charge in [0.05, 0.1) is 31.4 Å². The number of hydrogen-bond donors (Lipinski definition) is 1. The molecular weight excluding hydrogens is 362 g/mol. The number of carbonyl (C=O) groups is 1. The number of amides is 1. The van der Waals surface area contributed by atoms with Gasteiger partial charge in [0.2, 0.25) is 0 Å². The van der Waals surface area contributed by atoms with E-state index in [1.807, 2.05) is 0 Å². The maximum atomic E-state index is 12.5. The van der Waals surface area contributed by atoms with E-state index in [0.717, 1.165) is 0 Å². The average Bonchev–Trinajstić information content (AvgIpc) is 3.35. The lowest BCUT2D eigenvalue weighted by atomic mass is 10.1. The van der Waals surface area contributed by atoms with E-state index in [4.69, 9.17) is 19.2 Å². The Balaban J connectivity index is 1.74. The standard InChI is InChI=1S/C19H19N5O4/c1-26-9-14-6-13(8-24(14)11-21)22-18(25)19-23-16(10-28-19)15-5-12(7-20)3-4-17(15)27-2/h3-5,10,13-14H,6,8-9H2,1-2H3,(H,22,25)/t13-,14+/m1/s1. The maximum Gasteiger partial charge on any atom is 0.307 e. The first-order valence-electron chi connectivity index (χ1n) is 8.59. The van der Waals surface area contributed by atoms with Gasteiger partial charge in [0.25, 0.3) is 5.89 Å². The van der Waals surface area contributed by atoms with Crippen LogP contribution in [0.25, 0.3) is 11.3 Å². The van der Waals surface area contributed by atoms with Crippen LogP contribution in [-0.4, -0.2) is 55.2 Å². The zero-order chi connectivity index (χ0) is 20.1. The highest BCUT2D eigenvalue weighted by Crippen LogP contribution is 2.30. The lowest BCUT2D eigenvalue weighted by Gasteiger charge is -2.15. The monoisotopic (exact) mass is 381 g/mol. The van der Waals surface area contributed by atoms with Gasteiger partial charge in [-0.1, -0.05) is 0 Å². The highest BCUT2D eigenvalue weighted by Gasteiger charge is 2.33. The van der Waals surface area contributed by atoms with Crippen LogP contribution in [0.1, 0.15) is 22.7 Å². The molecule has 1 saturated heterocycles. The molecule has 0 saturated carbocycles. The minimum absolute atomic E-state index is 0.0709. The van der Waals surface area contributed by atoms with Crippen molar-refractivity contribution in [3.05, 3.63) is 35.9 Å². The number of likely N-dealkylation sites (tertiary alicyclic amines) is 1. The number of rotatable bonds is 6. The number of nitrogens with one attached hydrogen (secondary N) is 1. The number of benzene rings is 1. The Morgan fingerprint density at radius 2 is 2.25 bits per heavy atom. The Bertz CT molecular complexity index is 943. The summed E-state index contributed by atoms with van der Waals surface area (Å²) < 4.78 is 15.7. The van der Waals surface area contributed by atoms with Gasteiger partial charge in [-0.25, -0.2) is 4.98 Å². The van der Waals surface area contributed by atoms with Crippen LogP contribution in [0.5, 0.6) is 5.75 Å². The van der Waals surface area contributed by atoms with Crippen molar-refractivity contribution in [1.82, 2.24) is 15.2 Å². The number of ether oxygens (including phenoxy) is 2. The number of hydrogen-bond acceptors (Lipinski definition) is 8. The SMILES string of the molecule is COC[C@@H]1C[C@@H](NC(=O)c2nc(-c3cc(C#N)ccc3OC)co2)CN1C#N. The molecule has 1 aromatic carbocycles. The third-order valence-corrected chi connectivity index (χ3v) is 4.54.